The summed E-state index contributed by atoms with van der Waals surface area (Å²) in [6.07, 6.45) is 2.06. The minimum atomic E-state index is 0.279. The first-order valence-corrected chi connectivity index (χ1v) is 8.51. The molecule has 0 amide bonds. The second kappa shape index (κ2) is 7.98. The molecule has 0 spiro atoms. The van der Waals surface area contributed by atoms with Crippen LogP contribution in [0, 0.1) is 6.92 Å². The van der Waals surface area contributed by atoms with E-state index in [1.54, 1.807) is 0 Å². The number of hydrogen-bond donors (Lipinski definition) is 1. The van der Waals surface area contributed by atoms with Gasteiger partial charge in [0.15, 0.2) is 0 Å². The summed E-state index contributed by atoms with van der Waals surface area (Å²) < 4.78 is 1.16. The zero-order valence-corrected chi connectivity index (χ0v) is 14.8. The fourth-order valence-corrected chi connectivity index (χ4v) is 2.97. The van der Waals surface area contributed by atoms with Crippen LogP contribution in [-0.4, -0.2) is 6.54 Å². The summed E-state index contributed by atoms with van der Waals surface area (Å²) in [5.41, 5.74) is 3.67. The van der Waals surface area contributed by atoms with Crippen molar-refractivity contribution in [2.24, 2.45) is 0 Å². The lowest BCUT2D eigenvalue weighted by atomic mass is 9.98. The van der Waals surface area contributed by atoms with Crippen LogP contribution in [0.2, 0.25) is 5.02 Å². The molecule has 0 aromatic heterocycles. The maximum atomic E-state index is 6.29. The van der Waals surface area contributed by atoms with Gasteiger partial charge in [0.2, 0.25) is 0 Å². The molecule has 1 unspecified atom stereocenters. The molecule has 2 aromatic carbocycles. The molecule has 1 nitrogen and oxygen atoms in total. The van der Waals surface area contributed by atoms with Gasteiger partial charge in [0, 0.05) is 15.5 Å². The van der Waals surface area contributed by atoms with Gasteiger partial charge in [-0.1, -0.05) is 64.8 Å². The van der Waals surface area contributed by atoms with Crippen LogP contribution < -0.4 is 5.32 Å². The van der Waals surface area contributed by atoms with Crippen molar-refractivity contribution in [2.75, 3.05) is 6.54 Å². The van der Waals surface area contributed by atoms with E-state index in [-0.39, 0.29) is 6.04 Å². The second-order valence-corrected chi connectivity index (χ2v) is 6.57. The van der Waals surface area contributed by atoms with E-state index in [0.717, 1.165) is 34.4 Å². The minimum absolute atomic E-state index is 0.279. The Morgan fingerprint density at radius 1 is 1.19 bits per heavy atom. The van der Waals surface area contributed by atoms with Crippen LogP contribution in [0.4, 0.5) is 0 Å². The number of halogens is 2. The topological polar surface area (TPSA) is 12.0 Å². The fraction of sp³-hybridized carbons (Fsp3) is 0.333. The molecule has 0 aliphatic carbocycles. The summed E-state index contributed by atoms with van der Waals surface area (Å²) in [6, 6.07) is 15.0. The Morgan fingerprint density at radius 2 is 1.95 bits per heavy atom. The average molecular weight is 367 g/mol. The molecule has 2 aromatic rings. The van der Waals surface area contributed by atoms with Crippen molar-refractivity contribution in [3.8, 4) is 0 Å². The highest BCUT2D eigenvalue weighted by Gasteiger charge is 2.14. The van der Waals surface area contributed by atoms with Gasteiger partial charge in [-0.25, -0.2) is 0 Å². The van der Waals surface area contributed by atoms with Crippen LogP contribution in [0.25, 0.3) is 0 Å². The predicted molar refractivity (Wildman–Crippen MR) is 95.1 cm³/mol. The normalized spacial score (nSPS) is 12.4. The largest absolute Gasteiger partial charge is 0.310 e. The molecule has 0 saturated heterocycles. The standard InChI is InChI=1S/C18H21BrClN/c1-3-10-21-18(12-14-6-4-5-7-16(14)19)15-9-8-13(2)17(20)11-15/h4-9,11,18,21H,3,10,12H2,1-2H3. The van der Waals surface area contributed by atoms with E-state index in [0.29, 0.717) is 0 Å². The fourth-order valence-electron chi connectivity index (χ4n) is 2.34. The Kier molecular flexibility index (Phi) is 6.28. The molecule has 0 saturated carbocycles. The Bertz CT molecular complexity index is 598. The summed E-state index contributed by atoms with van der Waals surface area (Å²) in [5.74, 6) is 0. The number of aryl methyl sites for hydroxylation is 1. The van der Waals surface area contributed by atoms with E-state index in [1.807, 2.05) is 13.0 Å². The Hall–Kier alpha value is -0.830. The van der Waals surface area contributed by atoms with E-state index in [2.05, 4.69) is 64.6 Å². The third-order valence-electron chi connectivity index (χ3n) is 3.62. The van der Waals surface area contributed by atoms with Gasteiger partial charge < -0.3 is 5.32 Å². The molecule has 3 heteroatoms. The Morgan fingerprint density at radius 3 is 2.62 bits per heavy atom. The predicted octanol–water partition coefficient (Wildman–Crippen LogP) is 5.69. The molecule has 0 fully saturated rings. The highest BCUT2D eigenvalue weighted by Crippen LogP contribution is 2.26. The van der Waals surface area contributed by atoms with Crippen LogP contribution in [0.3, 0.4) is 0 Å². The molecule has 21 heavy (non-hydrogen) atoms. The monoisotopic (exact) mass is 365 g/mol. The van der Waals surface area contributed by atoms with Gasteiger partial charge in [0.1, 0.15) is 0 Å². The van der Waals surface area contributed by atoms with Crippen molar-refractivity contribution in [1.29, 1.82) is 0 Å². The van der Waals surface area contributed by atoms with Crippen LogP contribution in [0.5, 0.6) is 0 Å². The van der Waals surface area contributed by atoms with Crippen molar-refractivity contribution < 1.29 is 0 Å². The molecule has 0 radical (unpaired) electrons. The lowest BCUT2D eigenvalue weighted by molar-refractivity contribution is 0.528. The first-order chi connectivity index (χ1) is 10.1. The maximum absolute atomic E-state index is 6.29. The number of rotatable bonds is 6. The summed E-state index contributed by atoms with van der Waals surface area (Å²) in [4.78, 5) is 0. The van der Waals surface area contributed by atoms with E-state index in [9.17, 15) is 0 Å². The smallest absolute Gasteiger partial charge is 0.0438 e. The minimum Gasteiger partial charge on any atom is -0.310 e. The molecule has 112 valence electrons. The quantitative estimate of drug-likeness (QED) is 0.692. The van der Waals surface area contributed by atoms with Crippen molar-refractivity contribution in [3.05, 3.63) is 68.7 Å². The molecular weight excluding hydrogens is 346 g/mol. The van der Waals surface area contributed by atoms with Crippen LogP contribution in [-0.2, 0) is 6.42 Å². The lowest BCUT2D eigenvalue weighted by Crippen LogP contribution is -2.24. The van der Waals surface area contributed by atoms with Gasteiger partial charge in [0.25, 0.3) is 0 Å². The molecule has 0 bridgehead atoms. The summed E-state index contributed by atoms with van der Waals surface area (Å²) in [5, 5.41) is 4.46. The van der Waals surface area contributed by atoms with Gasteiger partial charge in [-0.2, -0.15) is 0 Å². The van der Waals surface area contributed by atoms with Gasteiger partial charge in [0.05, 0.1) is 0 Å². The molecule has 0 aliphatic rings. The average Bonchev–Trinajstić information content (AvgIpc) is 2.48. The number of nitrogens with one attached hydrogen (secondary N) is 1. The summed E-state index contributed by atoms with van der Waals surface area (Å²) >= 11 is 9.93. The van der Waals surface area contributed by atoms with Gasteiger partial charge in [-0.3, -0.25) is 0 Å². The van der Waals surface area contributed by atoms with Crippen molar-refractivity contribution in [1.82, 2.24) is 5.32 Å². The maximum Gasteiger partial charge on any atom is 0.0438 e. The number of hydrogen-bond acceptors (Lipinski definition) is 1. The van der Waals surface area contributed by atoms with Crippen LogP contribution in [0.1, 0.15) is 36.1 Å². The lowest BCUT2D eigenvalue weighted by Gasteiger charge is -2.20. The third kappa shape index (κ3) is 4.57. The van der Waals surface area contributed by atoms with Crippen molar-refractivity contribution in [2.45, 2.75) is 32.7 Å². The van der Waals surface area contributed by atoms with E-state index in [4.69, 9.17) is 11.6 Å². The van der Waals surface area contributed by atoms with Gasteiger partial charge in [-0.15, -0.1) is 0 Å². The zero-order chi connectivity index (χ0) is 15.2. The molecule has 0 heterocycles. The molecule has 1 N–H and O–H groups in total. The second-order valence-electron chi connectivity index (χ2n) is 5.31. The van der Waals surface area contributed by atoms with Crippen molar-refractivity contribution >= 4 is 27.5 Å². The Labute approximate surface area is 140 Å². The highest BCUT2D eigenvalue weighted by atomic mass is 79.9. The zero-order valence-electron chi connectivity index (χ0n) is 12.5. The summed E-state index contributed by atoms with van der Waals surface area (Å²) in [7, 11) is 0. The van der Waals surface area contributed by atoms with E-state index in [1.165, 1.54) is 11.1 Å². The molecular formula is C18H21BrClN. The first-order valence-electron chi connectivity index (χ1n) is 7.34. The van der Waals surface area contributed by atoms with E-state index < -0.39 is 0 Å². The third-order valence-corrected chi connectivity index (χ3v) is 4.80. The summed E-state index contributed by atoms with van der Waals surface area (Å²) in [6.45, 7) is 5.22. The van der Waals surface area contributed by atoms with Crippen LogP contribution in [0.15, 0.2) is 46.9 Å². The van der Waals surface area contributed by atoms with Crippen molar-refractivity contribution in [3.63, 3.8) is 0 Å². The molecule has 1 atom stereocenters. The Balaban J connectivity index is 2.25. The first kappa shape index (κ1) is 16.5. The number of benzene rings is 2. The molecule has 2 rings (SSSR count). The SMILES string of the molecule is CCCNC(Cc1ccccc1Br)c1ccc(C)c(Cl)c1. The molecule has 0 aliphatic heterocycles. The van der Waals surface area contributed by atoms with Crippen LogP contribution >= 0.6 is 27.5 Å². The van der Waals surface area contributed by atoms with Gasteiger partial charge >= 0.3 is 0 Å². The highest BCUT2D eigenvalue weighted by molar-refractivity contribution is 9.10. The van der Waals surface area contributed by atoms with E-state index >= 15 is 0 Å². The van der Waals surface area contributed by atoms with Gasteiger partial charge in [-0.05, 0) is 55.1 Å².